The van der Waals surface area contributed by atoms with Crippen molar-refractivity contribution in [3.63, 3.8) is 0 Å². The van der Waals surface area contributed by atoms with E-state index in [4.69, 9.17) is 0 Å². The van der Waals surface area contributed by atoms with Crippen LogP contribution in [0, 0.1) is 0 Å². The van der Waals surface area contributed by atoms with Gasteiger partial charge in [0.25, 0.3) is 0 Å². The third-order valence-corrected chi connectivity index (χ3v) is 15.6. The van der Waals surface area contributed by atoms with Crippen LogP contribution in [-0.4, -0.2) is 4.57 Å². The predicted octanol–water partition coefficient (Wildman–Crippen LogP) is 19.6. The molecule has 0 saturated heterocycles. The van der Waals surface area contributed by atoms with Gasteiger partial charge < -0.3 is 9.47 Å². The summed E-state index contributed by atoms with van der Waals surface area (Å²) in [4.78, 5) is 2.46. The van der Waals surface area contributed by atoms with Crippen LogP contribution in [-0.2, 0) is 0 Å². The molecule has 12 aromatic carbocycles. The van der Waals surface area contributed by atoms with Gasteiger partial charge in [-0.1, -0.05) is 206 Å². The zero-order valence-electron chi connectivity index (χ0n) is 38.7. The molecule has 0 atom stereocenters. The lowest BCUT2D eigenvalue weighted by Crippen LogP contribution is -2.11. The Morgan fingerprint density at radius 1 is 0.296 bits per heavy atom. The van der Waals surface area contributed by atoms with E-state index in [2.05, 4.69) is 276 Å². The molecule has 332 valence electrons. The molecule has 0 spiro atoms. The van der Waals surface area contributed by atoms with Gasteiger partial charge in [-0.15, -0.1) is 11.3 Å². The third kappa shape index (κ3) is 6.85. The SMILES string of the molecule is c1ccc(-n2c3ccccc3c3ccccc32)c(-c2ccc(N(c3ccc(-c4cccc5ccccc45)cc3)c3ccc(-c4cccc5ccccc45)cc3)c(-c3cccc4c3sc3ccccc34)c2)c1. The van der Waals surface area contributed by atoms with E-state index in [1.807, 2.05) is 11.3 Å². The highest BCUT2D eigenvalue weighted by atomic mass is 32.1. The van der Waals surface area contributed by atoms with Crippen molar-refractivity contribution >= 4 is 91.9 Å². The summed E-state index contributed by atoms with van der Waals surface area (Å²) in [5, 5.41) is 10.0. The lowest BCUT2D eigenvalue weighted by atomic mass is 9.94. The zero-order valence-corrected chi connectivity index (χ0v) is 39.5. The fraction of sp³-hybridized carbons (Fsp3) is 0. The van der Waals surface area contributed by atoms with Crippen LogP contribution >= 0.6 is 11.3 Å². The second-order valence-electron chi connectivity index (χ2n) is 18.4. The Kier molecular flexibility index (Phi) is 9.75. The second kappa shape index (κ2) is 16.9. The monoisotopic (exact) mass is 920 g/mol. The highest BCUT2D eigenvalue weighted by molar-refractivity contribution is 7.26. The van der Waals surface area contributed by atoms with Gasteiger partial charge in [0.1, 0.15) is 0 Å². The van der Waals surface area contributed by atoms with Gasteiger partial charge in [0, 0.05) is 59.0 Å². The van der Waals surface area contributed by atoms with Crippen molar-refractivity contribution in [3.05, 3.63) is 267 Å². The molecule has 0 radical (unpaired) electrons. The van der Waals surface area contributed by atoms with Crippen molar-refractivity contribution < 1.29 is 0 Å². The van der Waals surface area contributed by atoms with Crippen LogP contribution in [0.3, 0.4) is 0 Å². The Hall–Kier alpha value is -9.02. The van der Waals surface area contributed by atoms with Crippen molar-refractivity contribution in [1.29, 1.82) is 0 Å². The van der Waals surface area contributed by atoms with E-state index < -0.39 is 0 Å². The van der Waals surface area contributed by atoms with Gasteiger partial charge in [-0.25, -0.2) is 0 Å². The lowest BCUT2D eigenvalue weighted by Gasteiger charge is -2.29. The Morgan fingerprint density at radius 2 is 0.746 bits per heavy atom. The van der Waals surface area contributed by atoms with Crippen molar-refractivity contribution in [2.75, 3.05) is 4.90 Å². The molecule has 0 saturated carbocycles. The molecule has 71 heavy (non-hydrogen) atoms. The van der Waals surface area contributed by atoms with Gasteiger partial charge in [-0.2, -0.15) is 0 Å². The summed E-state index contributed by atoms with van der Waals surface area (Å²) >= 11 is 1.88. The summed E-state index contributed by atoms with van der Waals surface area (Å²) in [5.74, 6) is 0. The Morgan fingerprint density at radius 3 is 1.38 bits per heavy atom. The second-order valence-corrected chi connectivity index (χ2v) is 19.4. The van der Waals surface area contributed by atoms with Crippen LogP contribution in [0.15, 0.2) is 267 Å². The highest BCUT2D eigenvalue weighted by Crippen LogP contribution is 2.49. The standard InChI is InChI=1S/C68H44N2S/c1-3-20-52-45(16-1)18-13-26-54(52)47-34-39-50(40-35-47)69(51-41-36-48(37-42-51)55-27-14-19-46-17-2-4-21-53(46)55)66-43-38-49(44-62(66)61-29-15-28-60-59-25-8-12-33-67(59)71-68(60)61)56-22-5-9-30-63(56)70-64-31-10-6-23-57(64)58-24-7-11-32-65(58)70/h1-44H. The number of anilines is 3. The molecule has 0 bridgehead atoms. The Labute approximate surface area is 416 Å². The summed E-state index contributed by atoms with van der Waals surface area (Å²) in [5.41, 5.74) is 16.3. The minimum absolute atomic E-state index is 1.08. The first kappa shape index (κ1) is 41.0. The maximum atomic E-state index is 2.46. The number of para-hydroxylation sites is 3. The number of rotatable bonds is 8. The van der Waals surface area contributed by atoms with Crippen LogP contribution in [0.2, 0.25) is 0 Å². The van der Waals surface area contributed by atoms with E-state index in [-0.39, 0.29) is 0 Å². The highest BCUT2D eigenvalue weighted by Gasteiger charge is 2.23. The molecule has 0 aliphatic heterocycles. The van der Waals surface area contributed by atoms with Gasteiger partial charge in [0.2, 0.25) is 0 Å². The molecular formula is C68H44N2S. The molecule has 0 aliphatic rings. The van der Waals surface area contributed by atoms with E-state index in [0.717, 1.165) is 33.9 Å². The normalized spacial score (nSPS) is 11.7. The third-order valence-electron chi connectivity index (χ3n) is 14.4. The molecule has 0 unspecified atom stereocenters. The molecule has 14 rings (SSSR count). The molecule has 2 heterocycles. The van der Waals surface area contributed by atoms with Crippen LogP contribution in [0.4, 0.5) is 17.1 Å². The molecule has 0 N–H and O–H groups in total. The summed E-state index contributed by atoms with van der Waals surface area (Å²) in [6.45, 7) is 0. The zero-order chi connectivity index (χ0) is 46.8. The molecule has 3 heteroatoms. The first-order valence-corrected chi connectivity index (χ1v) is 25.1. The lowest BCUT2D eigenvalue weighted by molar-refractivity contribution is 1.18. The molecule has 2 nitrogen and oxygen atoms in total. The molecule has 0 fully saturated rings. The van der Waals surface area contributed by atoms with Gasteiger partial charge in [-0.3, -0.25) is 0 Å². The van der Waals surface area contributed by atoms with Crippen molar-refractivity contribution in [2.45, 2.75) is 0 Å². The van der Waals surface area contributed by atoms with E-state index in [0.29, 0.717) is 0 Å². The Bertz CT molecular complexity index is 4160. The largest absolute Gasteiger partial charge is 0.310 e. The van der Waals surface area contributed by atoms with Crippen molar-refractivity contribution in [3.8, 4) is 50.2 Å². The fourth-order valence-electron chi connectivity index (χ4n) is 11.1. The van der Waals surface area contributed by atoms with E-state index >= 15 is 0 Å². The van der Waals surface area contributed by atoms with Gasteiger partial charge in [-0.05, 0) is 110 Å². The van der Waals surface area contributed by atoms with E-state index in [1.165, 1.54) is 96.9 Å². The number of fused-ring (bicyclic) bond motifs is 8. The number of hydrogen-bond acceptors (Lipinski definition) is 2. The summed E-state index contributed by atoms with van der Waals surface area (Å²) in [6.07, 6.45) is 0. The molecule has 0 aliphatic carbocycles. The molecular weight excluding hydrogens is 877 g/mol. The predicted molar refractivity (Wildman–Crippen MR) is 305 cm³/mol. The number of nitrogens with zero attached hydrogens (tertiary/aromatic N) is 2. The topological polar surface area (TPSA) is 8.17 Å². The quantitative estimate of drug-likeness (QED) is 0.147. The summed E-state index contributed by atoms with van der Waals surface area (Å²) < 4.78 is 5.01. The van der Waals surface area contributed by atoms with Gasteiger partial charge in [0.15, 0.2) is 0 Å². The van der Waals surface area contributed by atoms with Crippen molar-refractivity contribution in [2.24, 2.45) is 0 Å². The minimum atomic E-state index is 1.08. The fourth-order valence-corrected chi connectivity index (χ4v) is 12.4. The molecule has 0 amide bonds. The number of hydrogen-bond donors (Lipinski definition) is 0. The summed E-state index contributed by atoms with van der Waals surface area (Å²) in [6, 6.07) is 98.2. The van der Waals surface area contributed by atoms with Crippen LogP contribution < -0.4 is 4.90 Å². The van der Waals surface area contributed by atoms with E-state index in [9.17, 15) is 0 Å². The number of thiophene rings is 1. The average Bonchev–Trinajstić information content (AvgIpc) is 4.00. The maximum absolute atomic E-state index is 2.46. The molecule has 14 aromatic rings. The van der Waals surface area contributed by atoms with Gasteiger partial charge in [0.05, 0.1) is 22.4 Å². The average molecular weight is 921 g/mol. The first-order chi connectivity index (χ1) is 35.2. The van der Waals surface area contributed by atoms with Crippen LogP contribution in [0.25, 0.3) is 114 Å². The number of benzene rings is 12. The van der Waals surface area contributed by atoms with Crippen LogP contribution in [0.5, 0.6) is 0 Å². The summed E-state index contributed by atoms with van der Waals surface area (Å²) in [7, 11) is 0. The Balaban J connectivity index is 1.00. The van der Waals surface area contributed by atoms with E-state index in [1.54, 1.807) is 0 Å². The van der Waals surface area contributed by atoms with Crippen LogP contribution in [0.1, 0.15) is 0 Å². The molecule has 2 aromatic heterocycles. The smallest absolute Gasteiger partial charge is 0.0541 e. The van der Waals surface area contributed by atoms with Crippen molar-refractivity contribution in [1.82, 2.24) is 4.57 Å². The number of aromatic nitrogens is 1. The first-order valence-electron chi connectivity index (χ1n) is 24.3. The van der Waals surface area contributed by atoms with Gasteiger partial charge >= 0.3 is 0 Å². The maximum Gasteiger partial charge on any atom is 0.0541 e. The minimum Gasteiger partial charge on any atom is -0.310 e.